The van der Waals surface area contributed by atoms with Crippen LogP contribution in [0.1, 0.15) is 31.2 Å². The molecular formula is C16H23NO4. The van der Waals surface area contributed by atoms with Gasteiger partial charge in [-0.2, -0.15) is 0 Å². The van der Waals surface area contributed by atoms with Crippen LogP contribution in [0.15, 0.2) is 18.2 Å². The number of carbonyl (C=O) groups excluding carboxylic acids is 1. The van der Waals surface area contributed by atoms with Crippen LogP contribution >= 0.6 is 0 Å². The summed E-state index contributed by atoms with van der Waals surface area (Å²) >= 11 is 0. The van der Waals surface area contributed by atoms with Crippen LogP contribution in [-0.2, 0) is 16.1 Å². The van der Waals surface area contributed by atoms with Gasteiger partial charge >= 0.3 is 5.97 Å². The van der Waals surface area contributed by atoms with Crippen LogP contribution in [0, 0.1) is 0 Å². The third-order valence-corrected chi connectivity index (χ3v) is 3.41. The molecular weight excluding hydrogens is 270 g/mol. The summed E-state index contributed by atoms with van der Waals surface area (Å²) in [7, 11) is 3.02. The molecule has 0 saturated heterocycles. The van der Waals surface area contributed by atoms with E-state index in [1.54, 1.807) is 7.11 Å². The lowest BCUT2D eigenvalue weighted by Crippen LogP contribution is -2.15. The number of ether oxygens (including phenoxy) is 3. The largest absolute Gasteiger partial charge is 0.493 e. The molecule has 1 aliphatic carbocycles. The Morgan fingerprint density at radius 2 is 2.10 bits per heavy atom. The number of hydrogen-bond donors (Lipinski definition) is 1. The van der Waals surface area contributed by atoms with Gasteiger partial charge in [0.1, 0.15) is 0 Å². The number of nitrogens with one attached hydrogen (secondary N) is 1. The number of hydrogen-bond acceptors (Lipinski definition) is 5. The molecule has 21 heavy (non-hydrogen) atoms. The molecule has 0 radical (unpaired) electrons. The van der Waals surface area contributed by atoms with Crippen LogP contribution in [0.2, 0.25) is 0 Å². The number of esters is 1. The van der Waals surface area contributed by atoms with Crippen molar-refractivity contribution in [3.8, 4) is 11.5 Å². The van der Waals surface area contributed by atoms with E-state index in [0.29, 0.717) is 31.2 Å². The van der Waals surface area contributed by atoms with Crippen molar-refractivity contribution in [2.75, 3.05) is 20.8 Å². The van der Waals surface area contributed by atoms with Gasteiger partial charge in [-0.05, 0) is 37.0 Å². The van der Waals surface area contributed by atoms with E-state index in [4.69, 9.17) is 9.47 Å². The molecule has 1 fully saturated rings. The SMILES string of the molecule is COC(=O)CCCOc1ccc(CNC2CC2)cc1OC. The third-order valence-electron chi connectivity index (χ3n) is 3.41. The van der Waals surface area contributed by atoms with Gasteiger partial charge in [0.2, 0.25) is 0 Å². The molecule has 0 spiro atoms. The molecule has 0 bridgehead atoms. The van der Waals surface area contributed by atoms with Crippen molar-refractivity contribution in [3.05, 3.63) is 23.8 Å². The highest BCUT2D eigenvalue weighted by molar-refractivity contribution is 5.69. The Morgan fingerprint density at radius 3 is 2.76 bits per heavy atom. The van der Waals surface area contributed by atoms with E-state index in [1.165, 1.54) is 25.5 Å². The zero-order valence-electron chi connectivity index (χ0n) is 12.7. The van der Waals surface area contributed by atoms with Crippen LogP contribution in [0.5, 0.6) is 11.5 Å². The smallest absolute Gasteiger partial charge is 0.305 e. The van der Waals surface area contributed by atoms with Crippen molar-refractivity contribution in [2.24, 2.45) is 0 Å². The van der Waals surface area contributed by atoms with E-state index < -0.39 is 0 Å². The minimum atomic E-state index is -0.216. The molecule has 1 aromatic rings. The first-order valence-corrected chi connectivity index (χ1v) is 7.33. The molecule has 116 valence electrons. The highest BCUT2D eigenvalue weighted by Crippen LogP contribution is 2.28. The van der Waals surface area contributed by atoms with Crippen LogP contribution in [0.25, 0.3) is 0 Å². The van der Waals surface area contributed by atoms with Gasteiger partial charge in [0.05, 0.1) is 20.8 Å². The summed E-state index contributed by atoms with van der Waals surface area (Å²) in [6.45, 7) is 1.31. The Labute approximate surface area is 125 Å². The van der Waals surface area contributed by atoms with Crippen LogP contribution in [-0.4, -0.2) is 32.8 Å². The number of rotatable bonds is 9. The summed E-state index contributed by atoms with van der Waals surface area (Å²) < 4.78 is 15.6. The van der Waals surface area contributed by atoms with Crippen molar-refractivity contribution < 1.29 is 19.0 Å². The molecule has 0 unspecified atom stereocenters. The Bertz CT molecular complexity index is 471. The van der Waals surface area contributed by atoms with Crippen molar-refractivity contribution >= 4 is 5.97 Å². The average Bonchev–Trinajstić information content (AvgIpc) is 3.34. The third kappa shape index (κ3) is 5.27. The fourth-order valence-corrected chi connectivity index (χ4v) is 1.99. The molecule has 0 atom stereocenters. The fourth-order valence-electron chi connectivity index (χ4n) is 1.99. The monoisotopic (exact) mass is 293 g/mol. The van der Waals surface area contributed by atoms with E-state index in [-0.39, 0.29) is 5.97 Å². The molecule has 1 aliphatic rings. The number of methoxy groups -OCH3 is 2. The maximum Gasteiger partial charge on any atom is 0.305 e. The molecule has 1 aromatic carbocycles. The van der Waals surface area contributed by atoms with Gasteiger partial charge in [0.15, 0.2) is 11.5 Å². The van der Waals surface area contributed by atoms with Crippen molar-refractivity contribution in [2.45, 2.75) is 38.3 Å². The lowest BCUT2D eigenvalue weighted by Gasteiger charge is -2.12. The maximum absolute atomic E-state index is 11.0. The van der Waals surface area contributed by atoms with Gasteiger partial charge < -0.3 is 19.5 Å². The van der Waals surface area contributed by atoms with Crippen LogP contribution in [0.4, 0.5) is 0 Å². The summed E-state index contributed by atoms with van der Waals surface area (Å²) in [5, 5.41) is 3.47. The Balaban J connectivity index is 1.81. The van der Waals surface area contributed by atoms with E-state index in [2.05, 4.69) is 10.1 Å². The lowest BCUT2D eigenvalue weighted by atomic mass is 10.2. The minimum Gasteiger partial charge on any atom is -0.493 e. The van der Waals surface area contributed by atoms with Gasteiger partial charge in [-0.3, -0.25) is 4.79 Å². The summed E-state index contributed by atoms with van der Waals surface area (Å²) in [6.07, 6.45) is 3.54. The molecule has 1 saturated carbocycles. The first-order valence-electron chi connectivity index (χ1n) is 7.33. The molecule has 0 aliphatic heterocycles. The molecule has 5 nitrogen and oxygen atoms in total. The minimum absolute atomic E-state index is 0.216. The van der Waals surface area contributed by atoms with Crippen LogP contribution in [0.3, 0.4) is 0 Å². The topological polar surface area (TPSA) is 56.8 Å². The summed E-state index contributed by atoms with van der Waals surface area (Å²) in [6, 6.07) is 6.63. The quantitative estimate of drug-likeness (QED) is 0.559. The van der Waals surface area contributed by atoms with Gasteiger partial charge in [-0.25, -0.2) is 0 Å². The molecule has 1 N–H and O–H groups in total. The second kappa shape index (κ2) is 7.88. The van der Waals surface area contributed by atoms with Gasteiger partial charge in [0, 0.05) is 19.0 Å². The van der Waals surface area contributed by atoms with Gasteiger partial charge in [0.25, 0.3) is 0 Å². The Morgan fingerprint density at radius 1 is 1.29 bits per heavy atom. The predicted molar refractivity (Wildman–Crippen MR) is 79.6 cm³/mol. The average molecular weight is 293 g/mol. The summed E-state index contributed by atoms with van der Waals surface area (Å²) in [5.74, 6) is 1.22. The predicted octanol–water partition coefficient (Wildman–Crippen LogP) is 2.28. The molecule has 5 heteroatoms. The van der Waals surface area contributed by atoms with Crippen molar-refractivity contribution in [3.63, 3.8) is 0 Å². The van der Waals surface area contributed by atoms with E-state index in [9.17, 15) is 4.79 Å². The van der Waals surface area contributed by atoms with Gasteiger partial charge in [-0.15, -0.1) is 0 Å². The standard InChI is InChI=1S/C16H23NO4/c1-19-15-10-12(11-17-13-6-7-13)5-8-14(15)21-9-3-4-16(18)20-2/h5,8,10,13,17H,3-4,6-7,9,11H2,1-2H3. The first-order chi connectivity index (χ1) is 10.2. The Kier molecular flexibility index (Phi) is 5.87. The number of carbonyl (C=O) groups is 1. The second-order valence-corrected chi connectivity index (χ2v) is 5.17. The van der Waals surface area contributed by atoms with Crippen LogP contribution < -0.4 is 14.8 Å². The number of benzene rings is 1. The van der Waals surface area contributed by atoms with E-state index in [0.717, 1.165) is 12.3 Å². The summed E-state index contributed by atoms with van der Waals surface area (Å²) in [4.78, 5) is 11.0. The van der Waals surface area contributed by atoms with Gasteiger partial charge in [-0.1, -0.05) is 6.07 Å². The molecule has 0 aromatic heterocycles. The highest BCUT2D eigenvalue weighted by Gasteiger charge is 2.20. The zero-order chi connectivity index (χ0) is 15.1. The highest BCUT2D eigenvalue weighted by atomic mass is 16.5. The summed E-state index contributed by atoms with van der Waals surface area (Å²) in [5.41, 5.74) is 1.18. The molecule has 0 heterocycles. The second-order valence-electron chi connectivity index (χ2n) is 5.17. The van der Waals surface area contributed by atoms with E-state index in [1.807, 2.05) is 18.2 Å². The van der Waals surface area contributed by atoms with E-state index >= 15 is 0 Å². The van der Waals surface area contributed by atoms with Crippen molar-refractivity contribution in [1.82, 2.24) is 5.32 Å². The lowest BCUT2D eigenvalue weighted by molar-refractivity contribution is -0.140. The molecule has 2 rings (SSSR count). The normalized spacial score (nSPS) is 13.8. The fraction of sp³-hybridized carbons (Fsp3) is 0.562. The molecule has 0 amide bonds. The van der Waals surface area contributed by atoms with Crippen molar-refractivity contribution in [1.29, 1.82) is 0 Å². The first kappa shape index (κ1) is 15.6. The zero-order valence-corrected chi connectivity index (χ0v) is 12.7. The maximum atomic E-state index is 11.0. The Hall–Kier alpha value is -1.75.